The lowest BCUT2D eigenvalue weighted by molar-refractivity contribution is 0.0682. The number of benzene rings is 1. The molecule has 0 spiro atoms. The van der Waals surface area contributed by atoms with Crippen LogP contribution in [0.4, 0.5) is 0 Å². The summed E-state index contributed by atoms with van der Waals surface area (Å²) in [7, 11) is 0. The van der Waals surface area contributed by atoms with Gasteiger partial charge in [-0.25, -0.2) is 0 Å². The van der Waals surface area contributed by atoms with Crippen molar-refractivity contribution in [1.82, 2.24) is 4.90 Å². The maximum Gasteiger partial charge on any atom is 0.257 e. The molecule has 0 saturated heterocycles. The van der Waals surface area contributed by atoms with Crippen molar-refractivity contribution in [2.75, 3.05) is 26.3 Å². The van der Waals surface area contributed by atoms with Gasteiger partial charge in [-0.2, -0.15) is 0 Å². The molecule has 0 bridgehead atoms. The molecule has 1 aromatic rings. The van der Waals surface area contributed by atoms with Crippen LogP contribution in [-0.2, 0) is 0 Å². The summed E-state index contributed by atoms with van der Waals surface area (Å²) in [6.07, 6.45) is 0. The summed E-state index contributed by atoms with van der Waals surface area (Å²) in [5, 5.41) is 36.2. The van der Waals surface area contributed by atoms with Gasteiger partial charge in [0.25, 0.3) is 5.91 Å². The average molecular weight is 241 g/mol. The second-order valence-corrected chi connectivity index (χ2v) is 3.44. The molecule has 0 aliphatic heterocycles. The zero-order valence-electron chi connectivity index (χ0n) is 9.20. The highest BCUT2D eigenvalue weighted by Gasteiger charge is 2.18. The first-order valence-corrected chi connectivity index (χ1v) is 5.13. The fourth-order valence-electron chi connectivity index (χ4n) is 1.43. The molecule has 0 fully saturated rings. The Balaban J connectivity index is 2.92. The van der Waals surface area contributed by atoms with Gasteiger partial charge in [-0.15, -0.1) is 0 Å². The van der Waals surface area contributed by atoms with Gasteiger partial charge in [0.15, 0.2) is 0 Å². The lowest BCUT2D eigenvalue weighted by Gasteiger charge is -2.21. The van der Waals surface area contributed by atoms with Crippen molar-refractivity contribution in [2.24, 2.45) is 0 Å². The molecule has 1 aromatic carbocycles. The van der Waals surface area contributed by atoms with Gasteiger partial charge in [0.1, 0.15) is 11.5 Å². The van der Waals surface area contributed by atoms with E-state index in [2.05, 4.69) is 0 Å². The third-order valence-electron chi connectivity index (χ3n) is 2.24. The second-order valence-electron chi connectivity index (χ2n) is 3.44. The topological polar surface area (TPSA) is 101 Å². The zero-order valence-corrected chi connectivity index (χ0v) is 9.20. The monoisotopic (exact) mass is 241 g/mol. The summed E-state index contributed by atoms with van der Waals surface area (Å²) in [6, 6.07) is 3.63. The van der Waals surface area contributed by atoms with E-state index in [4.69, 9.17) is 15.3 Å². The Morgan fingerprint density at radius 2 is 1.71 bits per heavy atom. The quantitative estimate of drug-likeness (QED) is 0.558. The summed E-state index contributed by atoms with van der Waals surface area (Å²) < 4.78 is 0. The Hall–Kier alpha value is -1.79. The standard InChI is InChI=1S/C11H15NO5/c13-5-3-12(4-6-14)11(17)9-2-1-8(15)7-10(9)16/h1-2,7,13-16H,3-6H2. The molecule has 0 heterocycles. The van der Waals surface area contributed by atoms with E-state index < -0.39 is 5.91 Å². The first-order chi connectivity index (χ1) is 8.10. The lowest BCUT2D eigenvalue weighted by atomic mass is 10.1. The van der Waals surface area contributed by atoms with Gasteiger partial charge in [0, 0.05) is 19.2 Å². The van der Waals surface area contributed by atoms with E-state index in [1.807, 2.05) is 0 Å². The Labute approximate surface area is 98.4 Å². The summed E-state index contributed by atoms with van der Waals surface area (Å²) >= 11 is 0. The van der Waals surface area contributed by atoms with E-state index in [0.29, 0.717) is 0 Å². The summed E-state index contributed by atoms with van der Waals surface area (Å²) in [5.41, 5.74) is 0.0182. The average Bonchev–Trinajstić information content (AvgIpc) is 2.28. The SMILES string of the molecule is O=C(c1ccc(O)cc1O)N(CCO)CCO. The number of amides is 1. The lowest BCUT2D eigenvalue weighted by Crippen LogP contribution is -2.35. The van der Waals surface area contributed by atoms with E-state index in [0.717, 1.165) is 6.07 Å². The number of phenols is 2. The molecule has 1 rings (SSSR count). The van der Waals surface area contributed by atoms with E-state index in [9.17, 15) is 9.90 Å². The number of aliphatic hydroxyl groups is 2. The third-order valence-corrected chi connectivity index (χ3v) is 2.24. The molecule has 0 unspecified atom stereocenters. The zero-order chi connectivity index (χ0) is 12.8. The molecule has 0 aliphatic carbocycles. The Morgan fingerprint density at radius 3 is 2.18 bits per heavy atom. The van der Waals surface area contributed by atoms with Crippen molar-refractivity contribution >= 4 is 5.91 Å². The first-order valence-electron chi connectivity index (χ1n) is 5.13. The van der Waals surface area contributed by atoms with Gasteiger partial charge in [-0.05, 0) is 12.1 Å². The number of aliphatic hydroxyl groups excluding tert-OH is 2. The molecule has 6 heteroatoms. The first kappa shape index (κ1) is 13.3. The van der Waals surface area contributed by atoms with Gasteiger partial charge in [-0.3, -0.25) is 4.79 Å². The van der Waals surface area contributed by atoms with E-state index in [-0.39, 0.29) is 43.4 Å². The smallest absolute Gasteiger partial charge is 0.257 e. The highest BCUT2D eigenvalue weighted by molar-refractivity contribution is 5.97. The fourth-order valence-corrected chi connectivity index (χ4v) is 1.43. The Morgan fingerprint density at radius 1 is 1.12 bits per heavy atom. The molecule has 4 N–H and O–H groups in total. The van der Waals surface area contributed by atoms with E-state index in [1.54, 1.807) is 0 Å². The maximum absolute atomic E-state index is 11.9. The number of rotatable bonds is 5. The molecule has 0 aliphatic rings. The maximum atomic E-state index is 11.9. The van der Waals surface area contributed by atoms with Crippen molar-refractivity contribution in [3.63, 3.8) is 0 Å². The molecule has 0 saturated carbocycles. The van der Waals surface area contributed by atoms with E-state index >= 15 is 0 Å². The Bertz CT molecular complexity index is 387. The van der Waals surface area contributed by atoms with Crippen LogP contribution >= 0.6 is 0 Å². The number of carbonyl (C=O) groups excluding carboxylic acids is 1. The number of hydrogen-bond acceptors (Lipinski definition) is 5. The van der Waals surface area contributed by atoms with Crippen LogP contribution in [0.25, 0.3) is 0 Å². The molecule has 0 radical (unpaired) electrons. The minimum atomic E-state index is -0.509. The van der Waals surface area contributed by atoms with Gasteiger partial charge < -0.3 is 25.3 Å². The van der Waals surface area contributed by atoms with Gasteiger partial charge in [0.05, 0.1) is 18.8 Å². The van der Waals surface area contributed by atoms with Gasteiger partial charge >= 0.3 is 0 Å². The van der Waals surface area contributed by atoms with Crippen molar-refractivity contribution in [1.29, 1.82) is 0 Å². The van der Waals surface area contributed by atoms with E-state index in [1.165, 1.54) is 17.0 Å². The van der Waals surface area contributed by atoms with Crippen LogP contribution in [0.2, 0.25) is 0 Å². The number of aromatic hydroxyl groups is 2. The highest BCUT2D eigenvalue weighted by Crippen LogP contribution is 2.23. The van der Waals surface area contributed by atoms with Crippen LogP contribution in [0, 0.1) is 0 Å². The molecule has 1 amide bonds. The molecule has 6 nitrogen and oxygen atoms in total. The molecule has 17 heavy (non-hydrogen) atoms. The number of phenolic OH excluding ortho intramolecular Hbond substituents is 2. The van der Waals surface area contributed by atoms with Crippen molar-refractivity contribution < 1.29 is 25.2 Å². The predicted molar refractivity (Wildman–Crippen MR) is 59.8 cm³/mol. The fraction of sp³-hybridized carbons (Fsp3) is 0.364. The van der Waals surface area contributed by atoms with Crippen molar-refractivity contribution in [3.8, 4) is 11.5 Å². The summed E-state index contributed by atoms with van der Waals surface area (Å²) in [5.74, 6) is -0.989. The number of hydrogen-bond donors (Lipinski definition) is 4. The Kier molecular flexibility index (Phi) is 4.74. The molecular formula is C11H15NO5. The van der Waals surface area contributed by atoms with Gasteiger partial charge in [-0.1, -0.05) is 0 Å². The second kappa shape index (κ2) is 6.07. The van der Waals surface area contributed by atoms with Crippen LogP contribution < -0.4 is 0 Å². The summed E-state index contributed by atoms with van der Waals surface area (Å²) in [6.45, 7) is -0.325. The van der Waals surface area contributed by atoms with Crippen molar-refractivity contribution in [2.45, 2.75) is 0 Å². The number of carbonyl (C=O) groups is 1. The van der Waals surface area contributed by atoms with Crippen molar-refractivity contribution in [3.05, 3.63) is 23.8 Å². The predicted octanol–water partition coefficient (Wildman–Crippen LogP) is -0.475. The van der Waals surface area contributed by atoms with Gasteiger partial charge in [0.2, 0.25) is 0 Å². The van der Waals surface area contributed by atoms with Crippen LogP contribution in [-0.4, -0.2) is 57.5 Å². The molecule has 0 atom stereocenters. The highest BCUT2D eigenvalue weighted by atomic mass is 16.3. The third kappa shape index (κ3) is 3.33. The van der Waals surface area contributed by atoms with Crippen LogP contribution in [0.3, 0.4) is 0 Å². The molecule has 94 valence electrons. The largest absolute Gasteiger partial charge is 0.508 e. The minimum Gasteiger partial charge on any atom is -0.508 e. The summed E-state index contributed by atoms with van der Waals surface area (Å²) in [4.78, 5) is 13.1. The number of nitrogens with zero attached hydrogens (tertiary/aromatic N) is 1. The molecular weight excluding hydrogens is 226 g/mol. The normalized spacial score (nSPS) is 10.2. The van der Waals surface area contributed by atoms with Crippen LogP contribution in [0.15, 0.2) is 18.2 Å². The van der Waals surface area contributed by atoms with Crippen LogP contribution in [0.5, 0.6) is 11.5 Å². The molecule has 0 aromatic heterocycles. The minimum absolute atomic E-state index is 0.0182. The van der Waals surface area contributed by atoms with Crippen LogP contribution in [0.1, 0.15) is 10.4 Å².